The molecule has 1 aliphatic heterocycles. The van der Waals surface area contributed by atoms with E-state index in [0.717, 1.165) is 24.6 Å². The van der Waals surface area contributed by atoms with Gasteiger partial charge in [-0.1, -0.05) is 27.2 Å². The summed E-state index contributed by atoms with van der Waals surface area (Å²) in [5.41, 5.74) is 7.17. The summed E-state index contributed by atoms with van der Waals surface area (Å²) in [4.78, 5) is 0. The number of rotatable bonds is 2. The molecule has 0 aliphatic carbocycles. The van der Waals surface area contributed by atoms with E-state index in [9.17, 15) is 0 Å². The van der Waals surface area contributed by atoms with E-state index in [0.29, 0.717) is 6.04 Å². The number of piperidine rings is 1. The Morgan fingerprint density at radius 2 is 2.24 bits per heavy atom. The number of nitrogen functional groups attached to an aromatic ring is 1. The lowest BCUT2D eigenvalue weighted by atomic mass is 9.92. The molecular weight excluding hydrogens is 212 g/mol. The van der Waals surface area contributed by atoms with Crippen LogP contribution in [0.25, 0.3) is 0 Å². The lowest BCUT2D eigenvalue weighted by molar-refractivity contribution is 0.350. The molecule has 0 amide bonds. The lowest BCUT2D eigenvalue weighted by Crippen LogP contribution is -2.37. The molecule has 0 saturated carbocycles. The molecule has 1 saturated heterocycles. The minimum atomic E-state index is 0.0688. The van der Waals surface area contributed by atoms with Crippen LogP contribution in [0.15, 0.2) is 6.07 Å². The van der Waals surface area contributed by atoms with Gasteiger partial charge in [0.2, 0.25) is 0 Å². The van der Waals surface area contributed by atoms with E-state index in [1.807, 2.05) is 10.7 Å². The van der Waals surface area contributed by atoms with Gasteiger partial charge >= 0.3 is 0 Å². The monoisotopic (exact) mass is 236 g/mol. The van der Waals surface area contributed by atoms with Gasteiger partial charge in [-0.3, -0.25) is 0 Å². The third-order valence-electron chi connectivity index (χ3n) is 3.39. The quantitative estimate of drug-likeness (QED) is 0.824. The molecule has 2 heterocycles. The van der Waals surface area contributed by atoms with Crippen LogP contribution >= 0.6 is 0 Å². The van der Waals surface area contributed by atoms with E-state index in [1.54, 1.807) is 0 Å². The molecule has 0 radical (unpaired) electrons. The third kappa shape index (κ3) is 3.00. The van der Waals surface area contributed by atoms with Crippen LogP contribution in [0.5, 0.6) is 0 Å². The Bertz CT molecular complexity index is 369. The van der Waals surface area contributed by atoms with E-state index < -0.39 is 0 Å². The van der Waals surface area contributed by atoms with E-state index in [-0.39, 0.29) is 5.41 Å². The van der Waals surface area contributed by atoms with Gasteiger partial charge < -0.3 is 11.1 Å². The molecule has 0 bridgehead atoms. The Balaban J connectivity index is 2.07. The second-order valence-corrected chi connectivity index (χ2v) is 6.03. The van der Waals surface area contributed by atoms with E-state index in [4.69, 9.17) is 5.73 Å². The Labute approximate surface area is 104 Å². The summed E-state index contributed by atoms with van der Waals surface area (Å²) in [5.74, 6) is 0.780. The first-order valence-corrected chi connectivity index (χ1v) is 6.54. The third-order valence-corrected chi connectivity index (χ3v) is 3.39. The van der Waals surface area contributed by atoms with Crippen molar-refractivity contribution in [3.8, 4) is 0 Å². The highest BCUT2D eigenvalue weighted by atomic mass is 15.3. The van der Waals surface area contributed by atoms with Gasteiger partial charge in [0, 0.05) is 17.5 Å². The van der Waals surface area contributed by atoms with E-state index in [1.165, 1.54) is 19.3 Å². The van der Waals surface area contributed by atoms with Gasteiger partial charge in [0.25, 0.3) is 0 Å². The van der Waals surface area contributed by atoms with E-state index >= 15 is 0 Å². The normalized spacial score (nSPS) is 21.7. The Hall–Kier alpha value is -1.03. The number of hydrogen-bond donors (Lipinski definition) is 2. The summed E-state index contributed by atoms with van der Waals surface area (Å²) in [6.45, 7) is 8.51. The number of hydrogen-bond acceptors (Lipinski definition) is 3. The smallest absolute Gasteiger partial charge is 0.122 e. The van der Waals surface area contributed by atoms with Gasteiger partial charge in [0.15, 0.2) is 0 Å². The molecule has 4 nitrogen and oxygen atoms in total. The van der Waals surface area contributed by atoms with Gasteiger partial charge in [0.1, 0.15) is 5.82 Å². The van der Waals surface area contributed by atoms with Crippen molar-refractivity contribution in [3.05, 3.63) is 11.8 Å². The molecule has 1 atom stereocenters. The van der Waals surface area contributed by atoms with Gasteiger partial charge in [-0.25, -0.2) is 4.68 Å². The molecule has 2 rings (SSSR count). The molecule has 17 heavy (non-hydrogen) atoms. The molecule has 0 aromatic carbocycles. The topological polar surface area (TPSA) is 55.9 Å². The van der Waals surface area contributed by atoms with Crippen LogP contribution < -0.4 is 11.1 Å². The van der Waals surface area contributed by atoms with Crippen molar-refractivity contribution in [1.82, 2.24) is 15.1 Å². The molecule has 4 heteroatoms. The summed E-state index contributed by atoms with van der Waals surface area (Å²) < 4.78 is 1.95. The van der Waals surface area contributed by atoms with Crippen molar-refractivity contribution in [2.75, 3.05) is 12.3 Å². The van der Waals surface area contributed by atoms with Crippen molar-refractivity contribution in [1.29, 1.82) is 0 Å². The average Bonchev–Trinajstić information content (AvgIpc) is 2.62. The Kier molecular flexibility index (Phi) is 3.43. The number of nitrogens with one attached hydrogen (secondary N) is 1. The average molecular weight is 236 g/mol. The second kappa shape index (κ2) is 4.69. The minimum absolute atomic E-state index is 0.0688. The summed E-state index contributed by atoms with van der Waals surface area (Å²) in [6, 6.07) is 2.53. The van der Waals surface area contributed by atoms with Gasteiger partial charge in [-0.15, -0.1) is 0 Å². The van der Waals surface area contributed by atoms with Crippen LogP contribution in [0.2, 0.25) is 0 Å². The summed E-state index contributed by atoms with van der Waals surface area (Å²) in [6.07, 6.45) is 3.83. The fourth-order valence-electron chi connectivity index (χ4n) is 2.23. The highest BCUT2D eigenvalue weighted by Gasteiger charge is 2.20. The number of nitrogens with two attached hydrogens (primary N) is 1. The maximum absolute atomic E-state index is 6.03. The maximum atomic E-state index is 6.03. The summed E-state index contributed by atoms with van der Waals surface area (Å²) >= 11 is 0. The van der Waals surface area contributed by atoms with Crippen LogP contribution in [0.4, 0.5) is 5.82 Å². The molecule has 1 aromatic heterocycles. The predicted octanol–water partition coefficient (Wildman–Crippen LogP) is 1.90. The van der Waals surface area contributed by atoms with Crippen molar-refractivity contribution in [2.24, 2.45) is 0 Å². The van der Waals surface area contributed by atoms with Gasteiger partial charge in [-0.05, 0) is 19.4 Å². The summed E-state index contributed by atoms with van der Waals surface area (Å²) in [7, 11) is 0. The van der Waals surface area contributed by atoms with Crippen LogP contribution in [0.3, 0.4) is 0 Å². The molecule has 1 aliphatic rings. The van der Waals surface area contributed by atoms with Crippen molar-refractivity contribution < 1.29 is 0 Å². The van der Waals surface area contributed by atoms with Crippen molar-refractivity contribution in [3.63, 3.8) is 0 Å². The zero-order valence-electron chi connectivity index (χ0n) is 11.2. The first kappa shape index (κ1) is 12.4. The second-order valence-electron chi connectivity index (χ2n) is 6.03. The van der Waals surface area contributed by atoms with Crippen molar-refractivity contribution in [2.45, 2.75) is 58.0 Å². The number of anilines is 1. The van der Waals surface area contributed by atoms with Gasteiger partial charge in [-0.2, -0.15) is 5.10 Å². The molecule has 1 aromatic rings. The predicted molar refractivity (Wildman–Crippen MR) is 71.0 cm³/mol. The molecule has 96 valence electrons. The standard InChI is InChI=1S/C13H24N4/c1-13(2,3)11-8-12(14)17(16-11)9-10-6-4-5-7-15-10/h8,10,15H,4-7,9,14H2,1-3H3. The first-order chi connectivity index (χ1) is 7.97. The number of nitrogens with zero attached hydrogens (tertiary/aromatic N) is 2. The SMILES string of the molecule is CC(C)(C)c1cc(N)n(CC2CCCCN2)n1. The largest absolute Gasteiger partial charge is 0.384 e. The lowest BCUT2D eigenvalue weighted by Gasteiger charge is -2.23. The minimum Gasteiger partial charge on any atom is -0.384 e. The first-order valence-electron chi connectivity index (χ1n) is 6.54. The van der Waals surface area contributed by atoms with Crippen LogP contribution in [0.1, 0.15) is 45.7 Å². The van der Waals surface area contributed by atoms with Crippen LogP contribution in [0, 0.1) is 0 Å². The fraction of sp³-hybridized carbons (Fsp3) is 0.769. The van der Waals surface area contributed by atoms with Crippen LogP contribution in [-0.2, 0) is 12.0 Å². The zero-order chi connectivity index (χ0) is 12.5. The zero-order valence-corrected chi connectivity index (χ0v) is 11.2. The maximum Gasteiger partial charge on any atom is 0.122 e. The highest BCUT2D eigenvalue weighted by molar-refractivity contribution is 5.33. The molecule has 3 N–H and O–H groups in total. The highest BCUT2D eigenvalue weighted by Crippen LogP contribution is 2.23. The van der Waals surface area contributed by atoms with E-state index in [2.05, 4.69) is 31.2 Å². The van der Waals surface area contributed by atoms with Gasteiger partial charge in [0.05, 0.1) is 12.2 Å². The molecule has 0 spiro atoms. The molecular formula is C13H24N4. The number of aromatic nitrogens is 2. The Morgan fingerprint density at radius 1 is 1.47 bits per heavy atom. The summed E-state index contributed by atoms with van der Waals surface area (Å²) in [5, 5.41) is 8.15. The molecule has 1 unspecified atom stereocenters. The molecule has 1 fully saturated rings. The Morgan fingerprint density at radius 3 is 2.76 bits per heavy atom. The fourth-order valence-corrected chi connectivity index (χ4v) is 2.23. The van der Waals surface area contributed by atoms with Crippen LogP contribution in [-0.4, -0.2) is 22.4 Å². The van der Waals surface area contributed by atoms with Crippen molar-refractivity contribution >= 4 is 5.82 Å².